The van der Waals surface area contributed by atoms with Crippen molar-refractivity contribution in [3.8, 4) is 0 Å². The second-order valence-electron chi connectivity index (χ2n) is 3.70. The van der Waals surface area contributed by atoms with Gasteiger partial charge in [0.1, 0.15) is 0 Å². The van der Waals surface area contributed by atoms with E-state index in [1.54, 1.807) is 16.2 Å². The molecule has 0 radical (unpaired) electrons. The second kappa shape index (κ2) is 3.03. The van der Waals surface area contributed by atoms with Crippen LogP contribution in [0.25, 0.3) is 0 Å². The fourth-order valence-electron chi connectivity index (χ4n) is 1.97. The minimum absolute atomic E-state index is 0.0712. The van der Waals surface area contributed by atoms with Gasteiger partial charge < -0.3 is 9.88 Å². The summed E-state index contributed by atoms with van der Waals surface area (Å²) in [6.45, 7) is 2.06. The first-order valence-corrected chi connectivity index (χ1v) is 4.63. The third kappa shape index (κ3) is 1.31. The minimum atomic E-state index is 0.0712. The van der Waals surface area contributed by atoms with Crippen molar-refractivity contribution in [3.05, 3.63) is 22.4 Å². The number of hydrogen-bond acceptors (Lipinski definition) is 2. The van der Waals surface area contributed by atoms with Crippen molar-refractivity contribution in [2.24, 2.45) is 14.1 Å². The number of imidazole rings is 1. The smallest absolute Gasteiger partial charge is 0.316 e. The van der Waals surface area contributed by atoms with Gasteiger partial charge in [-0.25, -0.2) is 4.79 Å². The lowest BCUT2D eigenvalue weighted by atomic mass is 10.1. The second-order valence-corrected chi connectivity index (χ2v) is 3.70. The summed E-state index contributed by atoms with van der Waals surface area (Å²) in [5, 5.41) is 3.30. The van der Waals surface area contributed by atoms with Gasteiger partial charge in [-0.05, 0) is 13.0 Å². The molecule has 1 N–H and O–H groups in total. The van der Waals surface area contributed by atoms with Crippen LogP contribution in [0, 0.1) is 0 Å². The van der Waals surface area contributed by atoms with Crippen LogP contribution in [0.15, 0.2) is 11.0 Å². The Kier molecular flexibility index (Phi) is 2.00. The molecule has 72 valence electrons. The molecule has 1 aliphatic heterocycles. The van der Waals surface area contributed by atoms with Gasteiger partial charge in [-0.15, -0.1) is 0 Å². The number of rotatable bonds is 1. The van der Waals surface area contributed by atoms with Crippen LogP contribution in [0.2, 0.25) is 0 Å². The summed E-state index contributed by atoms with van der Waals surface area (Å²) in [6.07, 6.45) is 3.08. The van der Waals surface area contributed by atoms with Crippen molar-refractivity contribution in [2.75, 3.05) is 13.1 Å². The fourth-order valence-corrected chi connectivity index (χ4v) is 1.97. The topological polar surface area (TPSA) is 39.0 Å². The molecule has 0 bridgehead atoms. The molecule has 4 nitrogen and oxygen atoms in total. The van der Waals surface area contributed by atoms with Crippen LogP contribution in [-0.2, 0) is 14.1 Å². The lowest BCUT2D eigenvalue weighted by Gasteiger charge is -2.07. The van der Waals surface area contributed by atoms with Gasteiger partial charge in [0, 0.05) is 38.4 Å². The van der Waals surface area contributed by atoms with Crippen LogP contribution in [0.5, 0.6) is 0 Å². The van der Waals surface area contributed by atoms with Gasteiger partial charge in [-0.3, -0.25) is 4.57 Å². The molecule has 1 aromatic heterocycles. The van der Waals surface area contributed by atoms with Crippen molar-refractivity contribution in [1.29, 1.82) is 0 Å². The standard InChI is InChI=1S/C9H15N3O/c1-11-6-8(12(2)9(11)13)7-3-4-10-5-7/h6-7,10H,3-5H2,1-2H3. The average molecular weight is 181 g/mol. The molecule has 4 heteroatoms. The fraction of sp³-hybridized carbons (Fsp3) is 0.667. The van der Waals surface area contributed by atoms with E-state index in [-0.39, 0.29) is 5.69 Å². The van der Waals surface area contributed by atoms with E-state index in [0.717, 1.165) is 25.2 Å². The highest BCUT2D eigenvalue weighted by molar-refractivity contribution is 5.09. The Labute approximate surface area is 77.2 Å². The number of aryl methyl sites for hydroxylation is 1. The number of nitrogens with one attached hydrogen (secondary N) is 1. The molecule has 1 fully saturated rings. The molecular weight excluding hydrogens is 166 g/mol. The first kappa shape index (κ1) is 8.56. The molecule has 0 amide bonds. The Balaban J connectivity index is 2.39. The minimum Gasteiger partial charge on any atom is -0.316 e. The molecule has 1 aliphatic rings. The quantitative estimate of drug-likeness (QED) is 0.651. The predicted octanol–water partition coefficient (Wildman–Crippen LogP) is -0.199. The monoisotopic (exact) mass is 181 g/mol. The molecule has 1 atom stereocenters. The molecule has 1 saturated heterocycles. The Morgan fingerprint density at radius 2 is 2.31 bits per heavy atom. The van der Waals surface area contributed by atoms with Gasteiger partial charge >= 0.3 is 5.69 Å². The molecule has 1 aromatic rings. The molecule has 0 spiro atoms. The maximum Gasteiger partial charge on any atom is 0.327 e. The zero-order chi connectivity index (χ0) is 9.42. The highest BCUT2D eigenvalue weighted by atomic mass is 16.1. The van der Waals surface area contributed by atoms with E-state index < -0.39 is 0 Å². The molecule has 0 aliphatic carbocycles. The SMILES string of the molecule is Cn1cc(C2CCNC2)n(C)c1=O. The molecular formula is C9H15N3O. The van der Waals surface area contributed by atoms with Crippen molar-refractivity contribution in [3.63, 3.8) is 0 Å². The number of nitrogens with zero attached hydrogens (tertiary/aromatic N) is 2. The van der Waals surface area contributed by atoms with Crippen LogP contribution < -0.4 is 11.0 Å². The van der Waals surface area contributed by atoms with Crippen molar-refractivity contribution in [2.45, 2.75) is 12.3 Å². The van der Waals surface area contributed by atoms with Gasteiger partial charge in [0.15, 0.2) is 0 Å². The third-order valence-corrected chi connectivity index (χ3v) is 2.78. The van der Waals surface area contributed by atoms with Crippen LogP contribution in [0.1, 0.15) is 18.0 Å². The van der Waals surface area contributed by atoms with Crippen LogP contribution in [-0.4, -0.2) is 22.2 Å². The largest absolute Gasteiger partial charge is 0.327 e. The van der Waals surface area contributed by atoms with Gasteiger partial charge in [-0.2, -0.15) is 0 Å². The maximum atomic E-state index is 11.5. The van der Waals surface area contributed by atoms with Gasteiger partial charge in [0.05, 0.1) is 0 Å². The summed E-state index contributed by atoms with van der Waals surface area (Å²) in [6, 6.07) is 0. The molecule has 0 saturated carbocycles. The van der Waals surface area contributed by atoms with Crippen LogP contribution >= 0.6 is 0 Å². The highest BCUT2D eigenvalue weighted by Crippen LogP contribution is 2.20. The first-order valence-electron chi connectivity index (χ1n) is 4.63. The summed E-state index contributed by atoms with van der Waals surface area (Å²) >= 11 is 0. The molecule has 2 heterocycles. The Morgan fingerprint density at radius 3 is 2.77 bits per heavy atom. The first-order chi connectivity index (χ1) is 6.20. The number of aromatic nitrogens is 2. The van der Waals surface area contributed by atoms with Gasteiger partial charge in [0.2, 0.25) is 0 Å². The summed E-state index contributed by atoms with van der Waals surface area (Å²) < 4.78 is 3.39. The zero-order valence-corrected chi connectivity index (χ0v) is 8.08. The molecule has 2 rings (SSSR count). The van der Waals surface area contributed by atoms with E-state index in [2.05, 4.69) is 5.32 Å². The van der Waals surface area contributed by atoms with Gasteiger partial charge in [0.25, 0.3) is 0 Å². The zero-order valence-electron chi connectivity index (χ0n) is 8.08. The summed E-state index contributed by atoms with van der Waals surface area (Å²) in [7, 11) is 3.64. The summed E-state index contributed by atoms with van der Waals surface area (Å²) in [4.78, 5) is 11.5. The lowest BCUT2D eigenvalue weighted by Crippen LogP contribution is -2.21. The molecule has 1 unspecified atom stereocenters. The van der Waals surface area contributed by atoms with Crippen molar-refractivity contribution in [1.82, 2.24) is 14.5 Å². The third-order valence-electron chi connectivity index (χ3n) is 2.78. The lowest BCUT2D eigenvalue weighted by molar-refractivity contribution is 0.671. The van der Waals surface area contributed by atoms with E-state index >= 15 is 0 Å². The van der Waals surface area contributed by atoms with E-state index in [4.69, 9.17) is 0 Å². The Bertz CT molecular complexity index is 357. The summed E-state index contributed by atoms with van der Waals surface area (Å²) in [5.41, 5.74) is 1.22. The predicted molar refractivity (Wildman–Crippen MR) is 50.9 cm³/mol. The molecule has 13 heavy (non-hydrogen) atoms. The highest BCUT2D eigenvalue weighted by Gasteiger charge is 2.20. The molecule has 0 aromatic carbocycles. The Hall–Kier alpha value is -1.03. The van der Waals surface area contributed by atoms with Gasteiger partial charge in [-0.1, -0.05) is 0 Å². The van der Waals surface area contributed by atoms with Crippen molar-refractivity contribution < 1.29 is 0 Å². The average Bonchev–Trinajstić information content (AvgIpc) is 2.70. The van der Waals surface area contributed by atoms with Crippen LogP contribution in [0.3, 0.4) is 0 Å². The summed E-state index contributed by atoms with van der Waals surface area (Å²) in [5.74, 6) is 0.513. The Morgan fingerprint density at radius 1 is 1.54 bits per heavy atom. The van der Waals surface area contributed by atoms with E-state index in [0.29, 0.717) is 5.92 Å². The van der Waals surface area contributed by atoms with E-state index in [9.17, 15) is 4.79 Å². The number of hydrogen-bond donors (Lipinski definition) is 1. The van der Waals surface area contributed by atoms with E-state index in [1.165, 1.54) is 0 Å². The van der Waals surface area contributed by atoms with Crippen molar-refractivity contribution >= 4 is 0 Å². The van der Waals surface area contributed by atoms with Crippen LogP contribution in [0.4, 0.5) is 0 Å². The maximum absolute atomic E-state index is 11.5. The normalized spacial score (nSPS) is 22.5. The van der Waals surface area contributed by atoms with E-state index in [1.807, 2.05) is 13.2 Å².